The number of aliphatic hydroxyl groups excluding tert-OH is 1. The maximum absolute atomic E-state index is 13.3. The molecule has 8 nitrogen and oxygen atoms in total. The molecule has 2 aliphatic heterocycles. The number of rotatable bonds is 11. The summed E-state index contributed by atoms with van der Waals surface area (Å²) < 4.78 is 25.7. The molecule has 1 atom stereocenters. The van der Waals surface area contributed by atoms with Gasteiger partial charge in [-0.05, 0) is 94.2 Å². The van der Waals surface area contributed by atoms with Crippen molar-refractivity contribution >= 4 is 11.7 Å². The molecule has 3 aromatic rings. The second kappa shape index (κ2) is 14.9. The van der Waals surface area contributed by atoms with Gasteiger partial charge in [-0.3, -0.25) is 9.88 Å². The van der Waals surface area contributed by atoms with Crippen molar-refractivity contribution in [3.8, 4) is 16.9 Å². The molecule has 2 saturated heterocycles. The van der Waals surface area contributed by atoms with Gasteiger partial charge in [0.1, 0.15) is 11.6 Å². The number of aromatic nitrogens is 1. The molecular weight excluding hydrogens is 609 g/mol. The number of piperidine rings is 2. The van der Waals surface area contributed by atoms with Crippen LogP contribution < -0.4 is 9.64 Å². The maximum atomic E-state index is 13.3. The second-order valence-electron chi connectivity index (χ2n) is 15.1. The van der Waals surface area contributed by atoms with E-state index in [9.17, 15) is 19.4 Å². The van der Waals surface area contributed by atoms with Crippen LogP contribution >= 0.6 is 0 Å². The molecule has 2 N–H and O–H groups in total. The summed E-state index contributed by atoms with van der Waals surface area (Å²) in [6, 6.07) is 14.4. The Morgan fingerprint density at radius 2 is 1.65 bits per heavy atom. The van der Waals surface area contributed by atoms with E-state index in [-0.39, 0.29) is 17.3 Å². The number of halogens is 1. The van der Waals surface area contributed by atoms with Crippen LogP contribution in [0.5, 0.6) is 5.75 Å². The number of likely N-dealkylation sites (tertiary alicyclic amines) is 1. The molecule has 0 saturated carbocycles. The molecule has 0 amide bonds. The zero-order valence-electron chi connectivity index (χ0n) is 29.4. The van der Waals surface area contributed by atoms with Crippen LogP contribution in [-0.4, -0.2) is 70.6 Å². The Bertz CT molecular complexity index is 1530. The summed E-state index contributed by atoms with van der Waals surface area (Å²) in [6.45, 7) is 16.3. The molecule has 2 fully saturated rings. The van der Waals surface area contributed by atoms with Crippen LogP contribution in [0.25, 0.3) is 11.1 Å². The van der Waals surface area contributed by atoms with Crippen molar-refractivity contribution in [2.75, 3.05) is 37.7 Å². The minimum atomic E-state index is -1.20. The van der Waals surface area contributed by atoms with Gasteiger partial charge in [0.2, 0.25) is 0 Å². The number of aliphatic carboxylic acids is 1. The van der Waals surface area contributed by atoms with E-state index in [0.717, 1.165) is 67.1 Å². The third-order valence-electron chi connectivity index (χ3n) is 9.51. The molecule has 0 bridgehead atoms. The average molecular weight is 662 g/mol. The SMILES string of the molecule is Cc1nc(CN2CCC(O)CC2)c(-c2ccc(OCCc3ccc(F)cc3)cc2)c(N2CCC(C)(C)CC2)c1[C@H](OC(C)(C)C)C(=O)O. The van der Waals surface area contributed by atoms with Crippen LogP contribution in [0.4, 0.5) is 10.1 Å². The number of nitrogens with zero attached hydrogens (tertiary/aromatic N) is 3. The van der Waals surface area contributed by atoms with Crippen molar-refractivity contribution in [2.24, 2.45) is 5.41 Å². The molecule has 1 aromatic heterocycles. The van der Waals surface area contributed by atoms with E-state index < -0.39 is 17.7 Å². The Kier molecular flexibility index (Phi) is 11.1. The fraction of sp³-hybridized carbons (Fsp3) is 0.538. The van der Waals surface area contributed by atoms with Crippen molar-refractivity contribution in [3.05, 3.63) is 76.9 Å². The number of anilines is 1. The lowest BCUT2D eigenvalue weighted by Gasteiger charge is -2.41. The predicted molar refractivity (Wildman–Crippen MR) is 187 cm³/mol. The Balaban J connectivity index is 1.58. The normalized spacial score (nSPS) is 18.1. The average Bonchev–Trinajstić information content (AvgIpc) is 3.02. The molecule has 0 unspecified atom stereocenters. The lowest BCUT2D eigenvalue weighted by Crippen LogP contribution is -2.40. The number of pyridine rings is 1. The quantitative estimate of drug-likeness (QED) is 0.221. The van der Waals surface area contributed by atoms with Gasteiger partial charge in [0.15, 0.2) is 6.10 Å². The fourth-order valence-corrected chi connectivity index (χ4v) is 6.69. The Labute approximate surface area is 284 Å². The number of carbonyl (C=O) groups is 1. The molecule has 5 rings (SSSR count). The van der Waals surface area contributed by atoms with Gasteiger partial charge in [-0.2, -0.15) is 0 Å². The maximum Gasteiger partial charge on any atom is 0.337 e. The zero-order chi connectivity index (χ0) is 34.6. The summed E-state index contributed by atoms with van der Waals surface area (Å²) in [5.74, 6) is -0.580. The summed E-state index contributed by atoms with van der Waals surface area (Å²) in [5, 5.41) is 20.8. The van der Waals surface area contributed by atoms with Gasteiger partial charge in [0, 0.05) is 56.0 Å². The lowest BCUT2D eigenvalue weighted by molar-refractivity contribution is -0.160. The number of carboxylic acids is 1. The van der Waals surface area contributed by atoms with Gasteiger partial charge in [0.25, 0.3) is 0 Å². The Hall–Kier alpha value is -3.53. The minimum Gasteiger partial charge on any atom is -0.493 e. The number of benzene rings is 2. The van der Waals surface area contributed by atoms with E-state index in [0.29, 0.717) is 49.4 Å². The zero-order valence-corrected chi connectivity index (χ0v) is 29.4. The van der Waals surface area contributed by atoms with E-state index in [1.54, 1.807) is 12.1 Å². The van der Waals surface area contributed by atoms with Crippen LogP contribution in [0.1, 0.15) is 88.9 Å². The third-order valence-corrected chi connectivity index (χ3v) is 9.51. The van der Waals surface area contributed by atoms with Crippen molar-refractivity contribution in [1.29, 1.82) is 0 Å². The highest BCUT2D eigenvalue weighted by molar-refractivity contribution is 5.88. The first-order chi connectivity index (χ1) is 22.7. The standard InChI is InChI=1S/C39H52FN3O5/c1-26-33(36(37(45)46)48-38(2,3)4)35(43-22-18-39(5,6)19-23-43)34(32(41-26)25-42-20-15-30(44)16-21-42)28-9-13-31(14-10-28)47-24-17-27-7-11-29(40)12-8-27/h7-14,30,36,44H,15-25H2,1-6H3,(H,45,46)/t36-/m0/s1. The van der Waals surface area contributed by atoms with Gasteiger partial charge in [-0.25, -0.2) is 9.18 Å². The lowest BCUT2D eigenvalue weighted by atomic mass is 9.81. The molecule has 3 heterocycles. The molecule has 2 aliphatic rings. The van der Waals surface area contributed by atoms with Gasteiger partial charge in [0.05, 0.1) is 29.7 Å². The van der Waals surface area contributed by atoms with Crippen LogP contribution in [0, 0.1) is 18.2 Å². The van der Waals surface area contributed by atoms with Crippen LogP contribution in [0.15, 0.2) is 48.5 Å². The van der Waals surface area contributed by atoms with Crippen molar-refractivity contribution < 1.29 is 28.9 Å². The minimum absolute atomic E-state index is 0.192. The molecule has 9 heteroatoms. The summed E-state index contributed by atoms with van der Waals surface area (Å²) in [5.41, 5.74) is 5.37. The van der Waals surface area contributed by atoms with Gasteiger partial charge in [-0.1, -0.05) is 38.1 Å². The highest BCUT2D eigenvalue weighted by Crippen LogP contribution is 2.45. The Morgan fingerprint density at radius 1 is 1.02 bits per heavy atom. The first-order valence-corrected chi connectivity index (χ1v) is 17.3. The van der Waals surface area contributed by atoms with E-state index in [4.69, 9.17) is 14.5 Å². The Morgan fingerprint density at radius 3 is 2.23 bits per heavy atom. The summed E-state index contributed by atoms with van der Waals surface area (Å²) in [7, 11) is 0. The highest BCUT2D eigenvalue weighted by Gasteiger charge is 2.37. The topological polar surface area (TPSA) is 95.4 Å². The van der Waals surface area contributed by atoms with Crippen molar-refractivity contribution in [2.45, 2.75) is 98.0 Å². The highest BCUT2D eigenvalue weighted by atomic mass is 19.1. The number of carboxylic acid groups (broad SMARTS) is 1. The summed E-state index contributed by atoms with van der Waals surface area (Å²) in [6.07, 6.45) is 2.55. The molecular formula is C39H52FN3O5. The first-order valence-electron chi connectivity index (χ1n) is 17.3. The van der Waals surface area contributed by atoms with Crippen LogP contribution in [0.2, 0.25) is 0 Å². The van der Waals surface area contributed by atoms with Crippen LogP contribution in [0.3, 0.4) is 0 Å². The summed E-state index contributed by atoms with van der Waals surface area (Å²) >= 11 is 0. The molecule has 0 aliphatic carbocycles. The second-order valence-corrected chi connectivity index (χ2v) is 15.1. The number of ether oxygens (including phenoxy) is 2. The number of hydrogen-bond acceptors (Lipinski definition) is 7. The number of aliphatic hydroxyl groups is 1. The summed E-state index contributed by atoms with van der Waals surface area (Å²) in [4.78, 5) is 22.8. The predicted octanol–water partition coefficient (Wildman–Crippen LogP) is 7.34. The molecule has 260 valence electrons. The van der Waals surface area contributed by atoms with E-state index in [1.165, 1.54) is 12.1 Å². The third kappa shape index (κ3) is 9.12. The first kappa shape index (κ1) is 35.8. The molecule has 0 spiro atoms. The van der Waals surface area contributed by atoms with Crippen molar-refractivity contribution in [3.63, 3.8) is 0 Å². The molecule has 48 heavy (non-hydrogen) atoms. The molecule has 2 aromatic carbocycles. The fourth-order valence-electron chi connectivity index (χ4n) is 6.69. The number of aryl methyl sites for hydroxylation is 1. The number of hydrogen-bond donors (Lipinski definition) is 2. The van der Waals surface area contributed by atoms with Gasteiger partial charge < -0.3 is 24.6 Å². The largest absolute Gasteiger partial charge is 0.493 e. The molecule has 0 radical (unpaired) electrons. The van der Waals surface area contributed by atoms with Crippen LogP contribution in [-0.2, 0) is 22.5 Å². The monoisotopic (exact) mass is 661 g/mol. The van der Waals surface area contributed by atoms with E-state index in [2.05, 4.69) is 23.6 Å². The smallest absolute Gasteiger partial charge is 0.337 e. The van der Waals surface area contributed by atoms with Crippen molar-refractivity contribution in [1.82, 2.24) is 9.88 Å². The van der Waals surface area contributed by atoms with Gasteiger partial charge >= 0.3 is 5.97 Å². The van der Waals surface area contributed by atoms with Gasteiger partial charge in [-0.15, -0.1) is 0 Å². The van der Waals surface area contributed by atoms with E-state index in [1.807, 2.05) is 52.0 Å². The van der Waals surface area contributed by atoms with E-state index >= 15 is 0 Å².